The Morgan fingerprint density at radius 3 is 2.59 bits per heavy atom. The number of carbonyl (C=O) groups excluding carboxylic acids is 1. The molecule has 1 aliphatic rings. The van der Waals surface area contributed by atoms with Crippen molar-refractivity contribution in [3.63, 3.8) is 0 Å². The van der Waals surface area contributed by atoms with Gasteiger partial charge in [-0.05, 0) is 18.3 Å². The van der Waals surface area contributed by atoms with E-state index in [1.165, 1.54) is 12.8 Å². The van der Waals surface area contributed by atoms with Crippen LogP contribution in [0.4, 0.5) is 4.79 Å². The summed E-state index contributed by atoms with van der Waals surface area (Å²) in [6.45, 7) is 2.11. The summed E-state index contributed by atoms with van der Waals surface area (Å²) in [4.78, 5) is 22.0. The second kappa shape index (κ2) is 6.44. The summed E-state index contributed by atoms with van der Waals surface area (Å²) < 4.78 is 0. The molecule has 98 valence electrons. The van der Waals surface area contributed by atoms with Crippen LogP contribution in [0.25, 0.3) is 0 Å². The van der Waals surface area contributed by atoms with E-state index < -0.39 is 24.6 Å². The van der Waals surface area contributed by atoms with E-state index >= 15 is 0 Å². The number of aliphatic carboxylic acids is 1. The molecule has 4 N–H and O–H groups in total. The zero-order valence-electron chi connectivity index (χ0n) is 9.98. The second-order valence-corrected chi connectivity index (χ2v) is 4.60. The van der Waals surface area contributed by atoms with Gasteiger partial charge in [-0.25, -0.2) is 9.59 Å². The summed E-state index contributed by atoms with van der Waals surface area (Å²) in [5, 5.41) is 22.2. The van der Waals surface area contributed by atoms with Crippen LogP contribution in [0.15, 0.2) is 0 Å². The molecule has 1 rings (SSSR count). The summed E-state index contributed by atoms with van der Waals surface area (Å²) >= 11 is 0. The molecule has 0 radical (unpaired) electrons. The van der Waals surface area contributed by atoms with Crippen LogP contribution in [0.1, 0.15) is 26.2 Å². The molecular formula is C11H20N2O4. The van der Waals surface area contributed by atoms with E-state index in [-0.39, 0.29) is 0 Å². The number of carbonyl (C=O) groups is 2. The van der Waals surface area contributed by atoms with Gasteiger partial charge in [-0.3, -0.25) is 0 Å². The van der Waals surface area contributed by atoms with Gasteiger partial charge in [-0.1, -0.05) is 19.8 Å². The number of urea groups is 1. The van der Waals surface area contributed by atoms with Crippen molar-refractivity contribution < 1.29 is 19.8 Å². The van der Waals surface area contributed by atoms with Gasteiger partial charge >= 0.3 is 12.0 Å². The third kappa shape index (κ3) is 4.22. The molecule has 0 bridgehead atoms. The molecule has 0 aromatic heterocycles. The van der Waals surface area contributed by atoms with E-state index in [1.54, 1.807) is 0 Å². The van der Waals surface area contributed by atoms with E-state index in [1.807, 2.05) is 0 Å². The average molecular weight is 244 g/mol. The Bertz CT molecular complexity index is 283. The number of rotatable bonds is 5. The van der Waals surface area contributed by atoms with Gasteiger partial charge in [0, 0.05) is 6.54 Å². The van der Waals surface area contributed by atoms with Crippen LogP contribution in [0.2, 0.25) is 0 Å². The second-order valence-electron chi connectivity index (χ2n) is 4.60. The fraction of sp³-hybridized carbons (Fsp3) is 0.818. The number of carboxylic acid groups (broad SMARTS) is 1. The highest BCUT2D eigenvalue weighted by atomic mass is 16.4. The lowest BCUT2D eigenvalue weighted by Crippen LogP contribution is -2.48. The number of nitrogens with one attached hydrogen (secondary N) is 2. The Kier molecular flexibility index (Phi) is 5.21. The van der Waals surface area contributed by atoms with E-state index in [2.05, 4.69) is 17.6 Å². The van der Waals surface area contributed by atoms with Crippen molar-refractivity contribution in [3.8, 4) is 0 Å². The summed E-state index contributed by atoms with van der Waals surface area (Å²) in [5.41, 5.74) is 0. The van der Waals surface area contributed by atoms with E-state index in [0.717, 1.165) is 6.42 Å². The van der Waals surface area contributed by atoms with Crippen LogP contribution in [0.5, 0.6) is 0 Å². The lowest BCUT2D eigenvalue weighted by Gasteiger charge is -2.17. The van der Waals surface area contributed by atoms with E-state index in [9.17, 15) is 9.59 Å². The quantitative estimate of drug-likeness (QED) is 0.554. The smallest absolute Gasteiger partial charge is 0.328 e. The fourth-order valence-corrected chi connectivity index (χ4v) is 2.14. The lowest BCUT2D eigenvalue weighted by atomic mass is 9.98. The maximum atomic E-state index is 11.4. The van der Waals surface area contributed by atoms with Crippen molar-refractivity contribution in [2.24, 2.45) is 11.8 Å². The molecule has 2 unspecified atom stereocenters. The SMILES string of the molecule is CC1CCCC1CNC(=O)N[C@H](CO)C(=O)O. The maximum absolute atomic E-state index is 11.4. The van der Waals surface area contributed by atoms with Gasteiger partial charge < -0.3 is 20.8 Å². The average Bonchev–Trinajstić information content (AvgIpc) is 2.68. The lowest BCUT2D eigenvalue weighted by molar-refractivity contribution is -0.140. The molecule has 0 aromatic rings. The van der Waals surface area contributed by atoms with Crippen molar-refractivity contribution in [2.45, 2.75) is 32.2 Å². The Morgan fingerprint density at radius 1 is 1.41 bits per heavy atom. The van der Waals surface area contributed by atoms with Crippen molar-refractivity contribution in [1.29, 1.82) is 0 Å². The first-order chi connectivity index (χ1) is 8.04. The van der Waals surface area contributed by atoms with Crippen molar-refractivity contribution in [3.05, 3.63) is 0 Å². The minimum Gasteiger partial charge on any atom is -0.480 e. The van der Waals surface area contributed by atoms with Crippen LogP contribution in [-0.4, -0.2) is 41.4 Å². The molecule has 0 aliphatic heterocycles. The molecule has 1 aliphatic carbocycles. The highest BCUT2D eigenvalue weighted by molar-refractivity contribution is 5.82. The molecule has 3 atom stereocenters. The standard InChI is InChI=1S/C11H20N2O4/c1-7-3-2-4-8(7)5-12-11(17)13-9(6-14)10(15)16/h7-9,14H,2-6H2,1H3,(H,15,16)(H2,12,13,17)/t7?,8?,9-/m1/s1. The number of aliphatic hydroxyl groups excluding tert-OH is 1. The molecule has 2 amide bonds. The topological polar surface area (TPSA) is 98.7 Å². The largest absolute Gasteiger partial charge is 0.480 e. The van der Waals surface area contributed by atoms with E-state index in [4.69, 9.17) is 10.2 Å². The van der Waals surface area contributed by atoms with E-state index in [0.29, 0.717) is 18.4 Å². The molecule has 6 heteroatoms. The van der Waals surface area contributed by atoms with Gasteiger partial charge in [-0.15, -0.1) is 0 Å². The van der Waals surface area contributed by atoms with Gasteiger partial charge in [-0.2, -0.15) is 0 Å². The molecule has 0 saturated heterocycles. The minimum atomic E-state index is -1.24. The zero-order chi connectivity index (χ0) is 12.8. The summed E-state index contributed by atoms with van der Waals surface area (Å²) in [6.07, 6.45) is 3.47. The first-order valence-electron chi connectivity index (χ1n) is 5.92. The fourth-order valence-electron chi connectivity index (χ4n) is 2.14. The minimum absolute atomic E-state index is 0.471. The first-order valence-corrected chi connectivity index (χ1v) is 5.92. The predicted molar refractivity (Wildman–Crippen MR) is 61.5 cm³/mol. The van der Waals surface area contributed by atoms with Gasteiger partial charge in [0.1, 0.15) is 0 Å². The number of amides is 2. The van der Waals surface area contributed by atoms with Crippen LogP contribution in [-0.2, 0) is 4.79 Å². The zero-order valence-corrected chi connectivity index (χ0v) is 9.98. The molecular weight excluding hydrogens is 224 g/mol. The normalized spacial score (nSPS) is 25.3. The number of carboxylic acids is 1. The molecule has 0 heterocycles. The maximum Gasteiger partial charge on any atom is 0.328 e. The molecule has 0 aromatic carbocycles. The summed E-state index contributed by atoms with van der Waals surface area (Å²) in [6, 6.07) is -1.78. The number of hydrogen-bond donors (Lipinski definition) is 4. The van der Waals surface area contributed by atoms with Crippen molar-refractivity contribution >= 4 is 12.0 Å². The molecule has 6 nitrogen and oxygen atoms in total. The molecule has 17 heavy (non-hydrogen) atoms. The highest BCUT2D eigenvalue weighted by Crippen LogP contribution is 2.30. The monoisotopic (exact) mass is 244 g/mol. The van der Waals surface area contributed by atoms with Gasteiger partial charge in [0.15, 0.2) is 6.04 Å². The number of hydrogen-bond acceptors (Lipinski definition) is 3. The van der Waals surface area contributed by atoms with Crippen LogP contribution < -0.4 is 10.6 Å². The third-order valence-corrected chi connectivity index (χ3v) is 3.35. The molecule has 1 fully saturated rings. The van der Waals surface area contributed by atoms with Crippen LogP contribution >= 0.6 is 0 Å². The Morgan fingerprint density at radius 2 is 2.12 bits per heavy atom. The predicted octanol–water partition coefficient (Wildman–Crippen LogP) is 0.167. The van der Waals surface area contributed by atoms with Gasteiger partial charge in [0.25, 0.3) is 0 Å². The van der Waals surface area contributed by atoms with Crippen molar-refractivity contribution in [1.82, 2.24) is 10.6 Å². The number of aliphatic hydroxyl groups is 1. The summed E-state index contributed by atoms with van der Waals surface area (Å²) in [5.74, 6) is -0.168. The third-order valence-electron chi connectivity index (χ3n) is 3.35. The Labute approximate surface area is 100 Å². The van der Waals surface area contributed by atoms with Gasteiger partial charge in [0.05, 0.1) is 6.61 Å². The Hall–Kier alpha value is -1.30. The van der Waals surface area contributed by atoms with Gasteiger partial charge in [0.2, 0.25) is 0 Å². The molecule has 0 spiro atoms. The summed E-state index contributed by atoms with van der Waals surface area (Å²) in [7, 11) is 0. The van der Waals surface area contributed by atoms with Crippen LogP contribution in [0.3, 0.4) is 0 Å². The van der Waals surface area contributed by atoms with Crippen LogP contribution in [0, 0.1) is 11.8 Å². The first kappa shape index (κ1) is 13.8. The van der Waals surface area contributed by atoms with Crippen molar-refractivity contribution in [2.75, 3.05) is 13.2 Å². The Balaban J connectivity index is 2.27. The molecule has 1 saturated carbocycles. The highest BCUT2D eigenvalue weighted by Gasteiger charge is 2.24.